The molecule has 1 atom stereocenters. The number of halogens is 1. The Kier molecular flexibility index (Phi) is 6.59. The van der Waals surface area contributed by atoms with Crippen LogP contribution in [-0.4, -0.2) is 45.4 Å². The number of fused-ring (bicyclic) bond motifs is 1. The second-order valence-corrected chi connectivity index (χ2v) is 8.53. The molecule has 8 nitrogen and oxygen atoms in total. The number of aromatic nitrogens is 3. The highest BCUT2D eigenvalue weighted by molar-refractivity contribution is 6.16. The van der Waals surface area contributed by atoms with Gasteiger partial charge in [-0.15, -0.1) is 0 Å². The summed E-state index contributed by atoms with van der Waals surface area (Å²) in [5, 5.41) is 9.82. The van der Waals surface area contributed by atoms with E-state index in [1.165, 1.54) is 10.9 Å². The largest absolute Gasteiger partial charge is 0.373 e. The summed E-state index contributed by atoms with van der Waals surface area (Å²) in [6.45, 7) is 2.25. The van der Waals surface area contributed by atoms with E-state index in [1.54, 1.807) is 19.2 Å². The van der Waals surface area contributed by atoms with Gasteiger partial charge in [0.25, 0.3) is 5.91 Å². The number of nitrogens with zero attached hydrogens (tertiary/aromatic N) is 4. The summed E-state index contributed by atoms with van der Waals surface area (Å²) in [6, 6.07) is 20.3. The van der Waals surface area contributed by atoms with Gasteiger partial charge in [0, 0.05) is 31.1 Å². The van der Waals surface area contributed by atoms with Gasteiger partial charge in [0.05, 0.1) is 28.7 Å². The van der Waals surface area contributed by atoms with Crippen LogP contribution in [0.25, 0.3) is 11.3 Å². The quantitative estimate of drug-likeness (QED) is 0.395. The van der Waals surface area contributed by atoms with Gasteiger partial charge >= 0.3 is 0 Å². The van der Waals surface area contributed by atoms with Crippen LogP contribution in [0, 0.1) is 5.95 Å². The summed E-state index contributed by atoms with van der Waals surface area (Å²) in [7, 11) is 1.64. The molecule has 2 aromatic heterocycles. The molecule has 0 radical (unpaired) electrons. The van der Waals surface area contributed by atoms with E-state index in [4.69, 9.17) is 4.99 Å². The van der Waals surface area contributed by atoms with Crippen LogP contribution in [0.5, 0.6) is 0 Å². The predicted molar refractivity (Wildman–Crippen MR) is 139 cm³/mol. The zero-order chi connectivity index (χ0) is 25.9. The maximum Gasteiger partial charge on any atom is 0.257 e. The highest BCUT2D eigenvalue weighted by Gasteiger charge is 2.29. The number of aryl methyl sites for hydroxylation is 1. The Morgan fingerprint density at radius 1 is 1.05 bits per heavy atom. The number of ketones is 1. The maximum atomic E-state index is 14.9. The summed E-state index contributed by atoms with van der Waals surface area (Å²) in [6.07, 6.45) is 0.367. The smallest absolute Gasteiger partial charge is 0.257 e. The van der Waals surface area contributed by atoms with Crippen LogP contribution in [0.4, 0.5) is 10.2 Å². The van der Waals surface area contributed by atoms with E-state index in [9.17, 15) is 14.0 Å². The molecule has 0 bridgehead atoms. The molecule has 9 heteroatoms. The Morgan fingerprint density at radius 2 is 1.81 bits per heavy atom. The fraction of sp³-hybridized carbons (Fsp3) is 0.179. The number of hydrogen-bond acceptors (Lipinski definition) is 6. The molecule has 2 N–H and O–H groups in total. The van der Waals surface area contributed by atoms with Crippen LogP contribution in [0.3, 0.4) is 0 Å². The van der Waals surface area contributed by atoms with Gasteiger partial charge in [-0.2, -0.15) is 9.49 Å². The molecule has 5 rings (SSSR count). The SMILES string of the molecule is CCn1ncc(C(=O)N[C@H]2N=C(c3ccccc3)c3ccccc3CC2=O)c1-c1ccc(NC)nc1F. The number of carbonyl (C=O) groups excluding carboxylic acids is 2. The van der Waals surface area contributed by atoms with E-state index in [0.717, 1.165) is 16.7 Å². The van der Waals surface area contributed by atoms with Crippen molar-refractivity contribution in [2.45, 2.75) is 26.1 Å². The molecule has 0 unspecified atom stereocenters. The number of nitrogens with one attached hydrogen (secondary N) is 2. The van der Waals surface area contributed by atoms with Crippen molar-refractivity contribution in [1.29, 1.82) is 0 Å². The molecule has 37 heavy (non-hydrogen) atoms. The molecule has 0 aliphatic carbocycles. The third-order valence-corrected chi connectivity index (χ3v) is 6.26. The van der Waals surface area contributed by atoms with Crippen LogP contribution in [0.2, 0.25) is 0 Å². The Hall–Kier alpha value is -4.66. The number of rotatable bonds is 6. The standard InChI is InChI=1S/C28H25FN6O2/c1-3-35-25(20-13-14-23(30-2)32-26(20)29)21(16-31-35)28(37)34-27-22(36)15-18-11-7-8-12-19(18)24(33-27)17-9-5-4-6-10-17/h4-14,16,27H,3,15H2,1-2H3,(H,30,32)(H,34,37)/t27-/m1/s1. The van der Waals surface area contributed by atoms with Crippen LogP contribution < -0.4 is 10.6 Å². The number of carbonyl (C=O) groups is 2. The zero-order valence-electron chi connectivity index (χ0n) is 20.4. The lowest BCUT2D eigenvalue weighted by Gasteiger charge is -2.15. The second-order valence-electron chi connectivity index (χ2n) is 8.53. The molecule has 1 aliphatic heterocycles. The molecule has 1 amide bonds. The topological polar surface area (TPSA) is 101 Å². The van der Waals surface area contributed by atoms with E-state index in [-0.39, 0.29) is 29.0 Å². The first-order valence-electron chi connectivity index (χ1n) is 12.0. The van der Waals surface area contributed by atoms with Crippen LogP contribution >= 0.6 is 0 Å². The van der Waals surface area contributed by atoms with Crippen LogP contribution in [0.15, 0.2) is 77.9 Å². The van der Waals surface area contributed by atoms with Gasteiger partial charge < -0.3 is 10.6 Å². The molecule has 4 aromatic rings. The summed E-state index contributed by atoms with van der Waals surface area (Å²) < 4.78 is 16.5. The van der Waals surface area contributed by atoms with Crippen molar-refractivity contribution in [2.24, 2.45) is 4.99 Å². The number of pyridine rings is 1. The minimum Gasteiger partial charge on any atom is -0.373 e. The van der Waals surface area contributed by atoms with Gasteiger partial charge in [-0.05, 0) is 24.6 Å². The molecule has 0 fully saturated rings. The molecular formula is C28H25FN6O2. The lowest BCUT2D eigenvalue weighted by Crippen LogP contribution is -2.40. The summed E-state index contributed by atoms with van der Waals surface area (Å²) in [5.41, 5.74) is 3.68. The molecule has 1 aliphatic rings. The normalized spacial score (nSPS) is 14.9. The number of benzene rings is 2. The molecule has 0 spiro atoms. The lowest BCUT2D eigenvalue weighted by molar-refractivity contribution is -0.120. The van der Waals surface area contributed by atoms with Gasteiger partial charge in [-0.1, -0.05) is 54.6 Å². The van der Waals surface area contributed by atoms with Gasteiger partial charge in [0.2, 0.25) is 5.95 Å². The van der Waals surface area contributed by atoms with Crippen molar-refractivity contribution >= 4 is 23.2 Å². The summed E-state index contributed by atoms with van der Waals surface area (Å²) >= 11 is 0. The first kappa shape index (κ1) is 24.1. The number of hydrogen-bond donors (Lipinski definition) is 2. The molecule has 2 aromatic carbocycles. The highest BCUT2D eigenvalue weighted by Crippen LogP contribution is 2.28. The van der Waals surface area contributed by atoms with E-state index in [1.807, 2.05) is 61.5 Å². The van der Waals surface area contributed by atoms with Gasteiger partial charge in [0.15, 0.2) is 11.9 Å². The van der Waals surface area contributed by atoms with Crippen molar-refractivity contribution in [1.82, 2.24) is 20.1 Å². The van der Waals surface area contributed by atoms with Gasteiger partial charge in [-0.3, -0.25) is 19.3 Å². The minimum absolute atomic E-state index is 0.117. The maximum absolute atomic E-state index is 14.9. The van der Waals surface area contributed by atoms with E-state index in [0.29, 0.717) is 18.1 Å². The van der Waals surface area contributed by atoms with Crippen molar-refractivity contribution < 1.29 is 14.0 Å². The number of aliphatic imine (C=N–C) groups is 1. The average Bonchev–Trinajstić information content (AvgIpc) is 3.30. The molecule has 3 heterocycles. The Morgan fingerprint density at radius 3 is 2.54 bits per heavy atom. The Labute approximate surface area is 213 Å². The number of anilines is 1. The average molecular weight is 497 g/mol. The molecular weight excluding hydrogens is 471 g/mol. The molecule has 0 saturated heterocycles. The van der Waals surface area contributed by atoms with Crippen molar-refractivity contribution in [3.63, 3.8) is 0 Å². The first-order valence-corrected chi connectivity index (χ1v) is 12.0. The van der Waals surface area contributed by atoms with Crippen LogP contribution in [0.1, 0.15) is 34.0 Å². The number of Topliss-reactive ketones (excluding diaryl/α,β-unsaturated/α-hetero) is 1. The monoisotopic (exact) mass is 496 g/mol. The summed E-state index contributed by atoms with van der Waals surface area (Å²) in [4.78, 5) is 35.4. The lowest BCUT2D eigenvalue weighted by atomic mass is 9.96. The minimum atomic E-state index is -1.12. The third-order valence-electron chi connectivity index (χ3n) is 6.26. The highest BCUT2D eigenvalue weighted by atomic mass is 19.1. The van der Waals surface area contributed by atoms with Gasteiger partial charge in [0.1, 0.15) is 5.82 Å². The van der Waals surface area contributed by atoms with E-state index < -0.39 is 18.0 Å². The molecule has 0 saturated carbocycles. The Bertz CT molecular complexity index is 1510. The van der Waals surface area contributed by atoms with Crippen molar-refractivity contribution in [2.75, 3.05) is 12.4 Å². The Balaban J connectivity index is 1.54. The fourth-order valence-electron chi connectivity index (χ4n) is 4.43. The number of amides is 1. The fourth-order valence-corrected chi connectivity index (χ4v) is 4.43. The predicted octanol–water partition coefficient (Wildman–Crippen LogP) is 3.86. The second kappa shape index (κ2) is 10.1. The van der Waals surface area contributed by atoms with Crippen molar-refractivity contribution in [3.05, 3.63) is 101 Å². The third kappa shape index (κ3) is 4.63. The molecule has 186 valence electrons. The first-order chi connectivity index (χ1) is 18.0. The zero-order valence-corrected chi connectivity index (χ0v) is 20.4. The van der Waals surface area contributed by atoms with E-state index >= 15 is 0 Å². The van der Waals surface area contributed by atoms with Crippen LogP contribution in [-0.2, 0) is 17.8 Å². The van der Waals surface area contributed by atoms with E-state index in [2.05, 4.69) is 20.7 Å². The van der Waals surface area contributed by atoms with Crippen molar-refractivity contribution in [3.8, 4) is 11.3 Å². The van der Waals surface area contributed by atoms with Gasteiger partial charge in [-0.25, -0.2) is 4.98 Å². The summed E-state index contributed by atoms with van der Waals surface area (Å²) in [5.74, 6) is -1.20.